The number of aliphatic hydroxyl groups is 1. The molecule has 0 atom stereocenters. The molecule has 0 unspecified atom stereocenters. The molecule has 1 aliphatic carbocycles. The van der Waals surface area contributed by atoms with Gasteiger partial charge in [-0.2, -0.15) is 4.98 Å². The average Bonchev–Trinajstić information content (AvgIpc) is 3.06. The number of nitrogen functional groups attached to an aromatic ring is 1. The predicted molar refractivity (Wildman–Crippen MR) is 102 cm³/mol. The van der Waals surface area contributed by atoms with Gasteiger partial charge in [0.1, 0.15) is 5.82 Å². The maximum Gasteiger partial charge on any atom is 0.283 e. The van der Waals surface area contributed by atoms with Crippen molar-refractivity contribution in [2.45, 2.75) is 0 Å². The summed E-state index contributed by atoms with van der Waals surface area (Å²) in [6.07, 6.45) is 5.56. The minimum Gasteiger partial charge on any atom is -0.504 e. The van der Waals surface area contributed by atoms with E-state index in [0.29, 0.717) is 10.5 Å². The zero-order valence-electron chi connectivity index (χ0n) is 13.4. The lowest BCUT2D eigenvalue weighted by atomic mass is 10.0. The highest BCUT2D eigenvalue weighted by Crippen LogP contribution is 2.28. The van der Waals surface area contributed by atoms with Gasteiger partial charge in [-0.25, -0.2) is 0 Å². The zero-order valence-corrected chi connectivity index (χ0v) is 14.2. The third-order valence-electron chi connectivity index (χ3n) is 4.02. The smallest absolute Gasteiger partial charge is 0.283 e. The summed E-state index contributed by atoms with van der Waals surface area (Å²) < 4.78 is 1.73. The predicted octanol–water partition coefficient (Wildman–Crippen LogP) is 2.97. The summed E-state index contributed by atoms with van der Waals surface area (Å²) in [6, 6.07) is 9.67. The van der Waals surface area contributed by atoms with Crippen LogP contribution in [0, 0.1) is 0 Å². The Kier molecular flexibility index (Phi) is 3.78. The van der Waals surface area contributed by atoms with Crippen LogP contribution in [0.3, 0.4) is 0 Å². The van der Waals surface area contributed by atoms with Gasteiger partial charge in [0.15, 0.2) is 10.7 Å². The van der Waals surface area contributed by atoms with Gasteiger partial charge in [-0.05, 0) is 29.4 Å². The number of nitrogens with zero attached hydrogens (tertiary/aromatic N) is 2. The minimum absolute atomic E-state index is 0.205. The van der Waals surface area contributed by atoms with Gasteiger partial charge in [0.05, 0.1) is 11.3 Å². The Hall–Kier alpha value is -3.45. The topological polar surface area (TPSA) is 97.7 Å². The number of aliphatic hydroxyl groups excluding tert-OH is 1. The van der Waals surface area contributed by atoms with E-state index in [1.807, 2.05) is 35.7 Å². The molecule has 4 rings (SSSR count). The van der Waals surface area contributed by atoms with Crippen molar-refractivity contribution in [2.24, 2.45) is 0 Å². The summed E-state index contributed by atoms with van der Waals surface area (Å²) in [5, 5.41) is 11.5. The zero-order chi connectivity index (χ0) is 18.3. The molecule has 1 aromatic carbocycles. The fourth-order valence-corrected chi connectivity index (χ4v) is 3.63. The van der Waals surface area contributed by atoms with E-state index in [-0.39, 0.29) is 17.1 Å². The number of hydrogen-bond donors (Lipinski definition) is 2. The number of thiazole rings is 1. The average molecular weight is 363 g/mol. The molecule has 6 nitrogen and oxygen atoms in total. The summed E-state index contributed by atoms with van der Waals surface area (Å²) in [4.78, 5) is 28.3. The van der Waals surface area contributed by atoms with Crippen LogP contribution in [-0.2, 0) is 4.79 Å². The van der Waals surface area contributed by atoms with Gasteiger partial charge in [0, 0.05) is 5.38 Å². The second kappa shape index (κ2) is 6.12. The Morgan fingerprint density at radius 3 is 2.65 bits per heavy atom. The van der Waals surface area contributed by atoms with E-state index in [9.17, 15) is 14.7 Å². The molecule has 0 aliphatic heterocycles. The highest BCUT2D eigenvalue weighted by Gasteiger charge is 2.16. The third kappa shape index (κ3) is 2.64. The second-order valence-electron chi connectivity index (χ2n) is 5.69. The molecule has 2 heterocycles. The number of nitrogens with two attached hydrogens (primary N) is 1. The maximum absolute atomic E-state index is 12.4. The summed E-state index contributed by atoms with van der Waals surface area (Å²) >= 11 is 1.33. The molecule has 0 radical (unpaired) electrons. The van der Waals surface area contributed by atoms with Gasteiger partial charge in [-0.1, -0.05) is 36.4 Å². The molecule has 0 bridgehead atoms. The van der Waals surface area contributed by atoms with Crippen LogP contribution in [0.2, 0.25) is 0 Å². The Labute approximate surface area is 151 Å². The van der Waals surface area contributed by atoms with Crippen LogP contribution in [0.1, 0.15) is 5.56 Å². The second-order valence-corrected chi connectivity index (χ2v) is 6.53. The first kappa shape index (κ1) is 16.0. The molecule has 26 heavy (non-hydrogen) atoms. The molecule has 0 saturated carbocycles. The van der Waals surface area contributed by atoms with Gasteiger partial charge in [-0.15, -0.1) is 11.3 Å². The van der Waals surface area contributed by atoms with Crippen molar-refractivity contribution in [2.75, 3.05) is 5.73 Å². The number of rotatable bonds is 2. The third-order valence-corrected chi connectivity index (χ3v) is 4.84. The van der Waals surface area contributed by atoms with Gasteiger partial charge in [0.2, 0.25) is 5.78 Å². The number of carbonyl (C=O) groups excluding carboxylic acids is 1. The van der Waals surface area contributed by atoms with Crippen LogP contribution >= 0.6 is 11.3 Å². The molecule has 1 aliphatic rings. The summed E-state index contributed by atoms with van der Waals surface area (Å²) in [7, 11) is 0. The summed E-state index contributed by atoms with van der Waals surface area (Å²) in [5.74, 6) is -0.609. The molecular weight excluding hydrogens is 350 g/mol. The van der Waals surface area contributed by atoms with E-state index in [2.05, 4.69) is 4.98 Å². The number of benzene rings is 1. The number of carbonyl (C=O) groups is 1. The quantitative estimate of drug-likeness (QED) is 0.729. The number of allylic oxidation sites excluding steroid dienone is 4. The Bertz CT molecular complexity index is 1180. The number of anilines is 1. The minimum atomic E-state index is -0.482. The van der Waals surface area contributed by atoms with E-state index in [1.165, 1.54) is 35.6 Å². The van der Waals surface area contributed by atoms with E-state index in [0.717, 1.165) is 11.3 Å². The normalized spacial score (nSPS) is 15.6. The highest BCUT2D eigenvalue weighted by atomic mass is 32.1. The van der Waals surface area contributed by atoms with E-state index in [4.69, 9.17) is 5.73 Å². The van der Waals surface area contributed by atoms with Crippen molar-refractivity contribution >= 4 is 34.0 Å². The first-order valence-electron chi connectivity index (χ1n) is 7.74. The molecule has 7 heteroatoms. The molecule has 0 saturated heterocycles. The molecule has 0 amide bonds. The van der Waals surface area contributed by atoms with Crippen LogP contribution in [0.15, 0.2) is 70.1 Å². The summed E-state index contributed by atoms with van der Waals surface area (Å²) in [5.41, 5.74) is 8.31. The number of ketones is 1. The van der Waals surface area contributed by atoms with Crippen LogP contribution in [-0.4, -0.2) is 20.3 Å². The number of hydrogen-bond acceptors (Lipinski definition) is 6. The van der Waals surface area contributed by atoms with Gasteiger partial charge in [0.25, 0.3) is 5.56 Å². The first-order valence-corrected chi connectivity index (χ1v) is 8.62. The molecule has 128 valence electrons. The lowest BCUT2D eigenvalue weighted by molar-refractivity contribution is -0.113. The molecular formula is C19H13N3O3S. The fraction of sp³-hybridized carbons (Fsp3) is 0. The van der Waals surface area contributed by atoms with Crippen molar-refractivity contribution in [1.29, 1.82) is 0 Å². The van der Waals surface area contributed by atoms with Crippen molar-refractivity contribution in [3.8, 4) is 11.3 Å². The SMILES string of the molecule is Nc1c(C=C2C=CC(=O)C(O)=C2)c(=O)nc2scc(-c3ccccc3)n12. The Balaban J connectivity index is 1.93. The van der Waals surface area contributed by atoms with Crippen molar-refractivity contribution in [3.63, 3.8) is 0 Å². The van der Waals surface area contributed by atoms with E-state index >= 15 is 0 Å². The molecule has 3 aromatic rings. The standard InChI is InChI=1S/C19H13N3O3S/c20-17-13(8-11-6-7-15(23)16(24)9-11)18(25)21-19-22(17)14(10-26-19)12-4-2-1-3-5-12/h1-10,24H,20H2. The van der Waals surface area contributed by atoms with Crippen LogP contribution in [0.25, 0.3) is 22.3 Å². The molecule has 2 aromatic heterocycles. The first-order chi connectivity index (χ1) is 12.5. The van der Waals surface area contributed by atoms with E-state index in [1.54, 1.807) is 4.40 Å². The van der Waals surface area contributed by atoms with Crippen molar-refractivity contribution in [3.05, 3.63) is 81.2 Å². The largest absolute Gasteiger partial charge is 0.504 e. The molecule has 0 fully saturated rings. The molecule has 0 spiro atoms. The van der Waals surface area contributed by atoms with Gasteiger partial charge >= 0.3 is 0 Å². The maximum atomic E-state index is 12.4. The lowest BCUT2D eigenvalue weighted by Crippen LogP contribution is -2.16. The van der Waals surface area contributed by atoms with Crippen LogP contribution < -0.4 is 11.3 Å². The molecule has 3 N–H and O–H groups in total. The van der Waals surface area contributed by atoms with Crippen LogP contribution in [0.4, 0.5) is 5.82 Å². The van der Waals surface area contributed by atoms with Crippen LogP contribution in [0.5, 0.6) is 0 Å². The van der Waals surface area contributed by atoms with Gasteiger partial charge < -0.3 is 10.8 Å². The number of aromatic nitrogens is 2. The Morgan fingerprint density at radius 1 is 1.15 bits per heavy atom. The van der Waals surface area contributed by atoms with Crippen molar-refractivity contribution in [1.82, 2.24) is 9.38 Å². The Morgan fingerprint density at radius 2 is 1.92 bits per heavy atom. The number of fused-ring (bicyclic) bond motifs is 1. The summed E-state index contributed by atoms with van der Waals surface area (Å²) in [6.45, 7) is 0. The van der Waals surface area contributed by atoms with E-state index < -0.39 is 11.3 Å². The monoisotopic (exact) mass is 363 g/mol. The fourth-order valence-electron chi connectivity index (χ4n) is 2.74. The lowest BCUT2D eigenvalue weighted by Gasteiger charge is -2.09. The van der Waals surface area contributed by atoms with Crippen molar-refractivity contribution < 1.29 is 9.90 Å². The van der Waals surface area contributed by atoms with Gasteiger partial charge in [-0.3, -0.25) is 14.0 Å². The highest BCUT2D eigenvalue weighted by molar-refractivity contribution is 7.15.